The first-order valence-corrected chi connectivity index (χ1v) is 6.33. The van der Waals surface area contributed by atoms with Gasteiger partial charge in [-0.1, -0.05) is 69.3 Å². The second kappa shape index (κ2) is 5.26. The van der Waals surface area contributed by atoms with E-state index in [2.05, 4.69) is 51.1 Å². The molecule has 0 fully saturated rings. The van der Waals surface area contributed by atoms with Gasteiger partial charge in [-0.2, -0.15) is 0 Å². The van der Waals surface area contributed by atoms with Crippen molar-refractivity contribution in [3.63, 3.8) is 0 Å². The zero-order valence-electron chi connectivity index (χ0n) is 11.3. The van der Waals surface area contributed by atoms with Crippen molar-refractivity contribution >= 4 is 0 Å². The molecule has 0 aliphatic carbocycles. The molecule has 0 bridgehead atoms. The Morgan fingerprint density at radius 2 is 1.44 bits per heavy atom. The molecule has 0 heterocycles. The Labute approximate surface area is 109 Å². The number of hydrogen-bond acceptors (Lipinski definition) is 1. The van der Waals surface area contributed by atoms with Gasteiger partial charge in [-0.05, 0) is 17.0 Å². The summed E-state index contributed by atoms with van der Waals surface area (Å²) in [5.41, 5.74) is 2.52. The summed E-state index contributed by atoms with van der Waals surface area (Å²) in [4.78, 5) is 0. The van der Waals surface area contributed by atoms with Gasteiger partial charge in [0.2, 0.25) is 0 Å². The molecule has 2 aromatic carbocycles. The third kappa shape index (κ3) is 3.36. The summed E-state index contributed by atoms with van der Waals surface area (Å²) in [7, 11) is 0. The van der Waals surface area contributed by atoms with Gasteiger partial charge in [0.1, 0.15) is 5.75 Å². The van der Waals surface area contributed by atoms with Crippen molar-refractivity contribution in [1.29, 1.82) is 0 Å². The Hall–Kier alpha value is -1.76. The van der Waals surface area contributed by atoms with E-state index in [9.17, 15) is 0 Å². The first-order chi connectivity index (χ1) is 8.56. The molecule has 18 heavy (non-hydrogen) atoms. The molecule has 0 atom stereocenters. The maximum absolute atomic E-state index is 5.96. The van der Waals surface area contributed by atoms with Crippen LogP contribution in [0.5, 0.6) is 5.75 Å². The maximum atomic E-state index is 5.96. The van der Waals surface area contributed by atoms with Crippen LogP contribution in [0.1, 0.15) is 20.8 Å². The Balaban J connectivity index is 2.27. The lowest BCUT2D eigenvalue weighted by molar-refractivity contribution is 0.198. The highest BCUT2D eigenvalue weighted by Crippen LogP contribution is 2.30. The minimum absolute atomic E-state index is 0.170. The zero-order chi connectivity index (χ0) is 13.0. The molecule has 0 saturated carbocycles. The van der Waals surface area contributed by atoms with Crippen LogP contribution < -0.4 is 4.74 Å². The first kappa shape index (κ1) is 12.7. The van der Waals surface area contributed by atoms with Crippen LogP contribution in [0, 0.1) is 5.41 Å². The van der Waals surface area contributed by atoms with Crippen LogP contribution >= 0.6 is 0 Å². The first-order valence-electron chi connectivity index (χ1n) is 6.33. The molecule has 0 unspecified atom stereocenters. The molecule has 2 aromatic rings. The zero-order valence-corrected chi connectivity index (χ0v) is 11.3. The van der Waals surface area contributed by atoms with Crippen LogP contribution in [0.25, 0.3) is 11.1 Å². The third-order valence-corrected chi connectivity index (χ3v) is 2.63. The third-order valence-electron chi connectivity index (χ3n) is 2.63. The van der Waals surface area contributed by atoms with E-state index >= 15 is 0 Å². The van der Waals surface area contributed by atoms with Crippen molar-refractivity contribution in [1.82, 2.24) is 0 Å². The normalized spacial score (nSPS) is 11.3. The lowest BCUT2D eigenvalue weighted by Gasteiger charge is -2.20. The van der Waals surface area contributed by atoms with Crippen molar-refractivity contribution in [2.75, 3.05) is 6.61 Å². The van der Waals surface area contributed by atoms with Gasteiger partial charge in [0, 0.05) is 5.56 Å². The van der Waals surface area contributed by atoms with Crippen LogP contribution in [0.3, 0.4) is 0 Å². The van der Waals surface area contributed by atoms with Crippen LogP contribution in [-0.2, 0) is 0 Å². The van der Waals surface area contributed by atoms with Gasteiger partial charge in [-0.3, -0.25) is 0 Å². The van der Waals surface area contributed by atoms with Crippen molar-refractivity contribution < 1.29 is 4.74 Å². The second-order valence-corrected chi connectivity index (χ2v) is 5.71. The molecular weight excluding hydrogens is 220 g/mol. The van der Waals surface area contributed by atoms with Crippen molar-refractivity contribution in [3.8, 4) is 16.9 Å². The molecule has 94 valence electrons. The van der Waals surface area contributed by atoms with Gasteiger partial charge < -0.3 is 4.74 Å². The molecule has 0 spiro atoms. The summed E-state index contributed by atoms with van der Waals surface area (Å²) in [6.07, 6.45) is 0. The minimum Gasteiger partial charge on any atom is -0.492 e. The Kier molecular flexibility index (Phi) is 3.71. The fraction of sp³-hybridized carbons (Fsp3) is 0.294. The monoisotopic (exact) mass is 240 g/mol. The molecule has 0 aromatic heterocycles. The van der Waals surface area contributed by atoms with Gasteiger partial charge in [-0.25, -0.2) is 0 Å². The van der Waals surface area contributed by atoms with Crippen LogP contribution in [-0.4, -0.2) is 6.61 Å². The smallest absolute Gasteiger partial charge is 0.127 e. The van der Waals surface area contributed by atoms with Crippen molar-refractivity contribution in [2.24, 2.45) is 5.41 Å². The number of ether oxygens (including phenoxy) is 1. The molecule has 0 aliphatic rings. The van der Waals surface area contributed by atoms with E-state index in [1.807, 2.05) is 24.3 Å². The molecule has 0 radical (unpaired) electrons. The molecule has 1 heteroatoms. The Bertz CT molecular complexity index is 495. The predicted octanol–water partition coefficient (Wildman–Crippen LogP) is 4.78. The predicted molar refractivity (Wildman–Crippen MR) is 76.8 cm³/mol. The fourth-order valence-electron chi connectivity index (χ4n) is 1.74. The largest absolute Gasteiger partial charge is 0.492 e. The Morgan fingerprint density at radius 3 is 2.11 bits per heavy atom. The lowest BCUT2D eigenvalue weighted by atomic mass is 9.98. The average molecular weight is 240 g/mol. The number of benzene rings is 2. The lowest BCUT2D eigenvalue weighted by Crippen LogP contribution is -2.17. The highest BCUT2D eigenvalue weighted by molar-refractivity contribution is 5.70. The van der Waals surface area contributed by atoms with E-state index in [4.69, 9.17) is 4.74 Å². The molecule has 2 rings (SSSR count). The van der Waals surface area contributed by atoms with E-state index in [0.29, 0.717) is 0 Å². The summed E-state index contributed by atoms with van der Waals surface area (Å²) in [5.74, 6) is 0.957. The number of rotatable bonds is 3. The minimum atomic E-state index is 0.170. The molecule has 0 amide bonds. The summed E-state index contributed by atoms with van der Waals surface area (Å²) < 4.78 is 5.96. The number of hydrogen-bond donors (Lipinski definition) is 0. The SMILES string of the molecule is CC(C)(C)COc1ccccc1-c1ccccc1. The van der Waals surface area contributed by atoms with Gasteiger partial charge in [0.15, 0.2) is 0 Å². The highest BCUT2D eigenvalue weighted by atomic mass is 16.5. The second-order valence-electron chi connectivity index (χ2n) is 5.71. The molecule has 1 nitrogen and oxygen atoms in total. The van der Waals surface area contributed by atoms with E-state index in [1.165, 1.54) is 5.56 Å². The summed E-state index contributed by atoms with van der Waals surface area (Å²) in [5, 5.41) is 0. The van der Waals surface area contributed by atoms with Gasteiger partial charge in [-0.15, -0.1) is 0 Å². The van der Waals surface area contributed by atoms with Crippen molar-refractivity contribution in [2.45, 2.75) is 20.8 Å². The van der Waals surface area contributed by atoms with E-state index < -0.39 is 0 Å². The Morgan fingerprint density at radius 1 is 0.833 bits per heavy atom. The molecule has 0 saturated heterocycles. The standard InChI is InChI=1S/C17H20O/c1-17(2,3)13-18-16-12-8-7-11-15(16)14-9-5-4-6-10-14/h4-12H,13H2,1-3H3. The average Bonchev–Trinajstić information content (AvgIpc) is 2.37. The maximum Gasteiger partial charge on any atom is 0.127 e. The van der Waals surface area contributed by atoms with E-state index in [1.54, 1.807) is 0 Å². The summed E-state index contributed by atoms with van der Waals surface area (Å²) >= 11 is 0. The summed E-state index contributed by atoms with van der Waals surface area (Å²) in [6.45, 7) is 7.26. The van der Waals surface area contributed by atoms with Gasteiger partial charge in [0.25, 0.3) is 0 Å². The van der Waals surface area contributed by atoms with Crippen LogP contribution in [0.2, 0.25) is 0 Å². The fourth-order valence-corrected chi connectivity index (χ4v) is 1.74. The topological polar surface area (TPSA) is 9.23 Å². The van der Waals surface area contributed by atoms with Gasteiger partial charge in [0.05, 0.1) is 6.61 Å². The molecule has 0 aliphatic heterocycles. The van der Waals surface area contributed by atoms with Crippen molar-refractivity contribution in [3.05, 3.63) is 54.6 Å². The van der Waals surface area contributed by atoms with Crippen LogP contribution in [0.4, 0.5) is 0 Å². The van der Waals surface area contributed by atoms with E-state index in [-0.39, 0.29) is 5.41 Å². The molecular formula is C17H20O. The quantitative estimate of drug-likeness (QED) is 0.750. The summed E-state index contributed by atoms with van der Waals surface area (Å²) in [6, 6.07) is 18.6. The number of para-hydroxylation sites is 1. The van der Waals surface area contributed by atoms with E-state index in [0.717, 1.165) is 17.9 Å². The highest BCUT2D eigenvalue weighted by Gasteiger charge is 2.13. The molecule has 0 N–H and O–H groups in total. The van der Waals surface area contributed by atoms with Gasteiger partial charge >= 0.3 is 0 Å². The van der Waals surface area contributed by atoms with Crippen LogP contribution in [0.15, 0.2) is 54.6 Å².